The summed E-state index contributed by atoms with van der Waals surface area (Å²) >= 11 is 0. The van der Waals surface area contributed by atoms with E-state index in [9.17, 15) is 4.79 Å². The Hall–Kier alpha value is -1.32. The molecule has 1 unspecified atom stereocenters. The molecule has 0 aliphatic carbocycles. The summed E-state index contributed by atoms with van der Waals surface area (Å²) in [6.45, 7) is 3.98. The van der Waals surface area contributed by atoms with E-state index in [-0.39, 0.29) is 18.3 Å². The number of hydrogen-bond donors (Lipinski definition) is 2. The van der Waals surface area contributed by atoms with Crippen molar-refractivity contribution in [1.82, 2.24) is 5.32 Å². The summed E-state index contributed by atoms with van der Waals surface area (Å²) in [4.78, 5) is 11.4. The quantitative estimate of drug-likeness (QED) is 0.762. The van der Waals surface area contributed by atoms with Crippen LogP contribution in [0.2, 0.25) is 0 Å². The molecule has 0 aliphatic rings. The molecule has 0 fully saturated rings. The van der Waals surface area contributed by atoms with E-state index in [0.29, 0.717) is 13.0 Å². The van der Waals surface area contributed by atoms with E-state index < -0.39 is 6.04 Å². The van der Waals surface area contributed by atoms with E-state index in [1.165, 1.54) is 0 Å². The highest BCUT2D eigenvalue weighted by Crippen LogP contribution is 2.01. The summed E-state index contributed by atoms with van der Waals surface area (Å²) in [5.41, 5.74) is 6.81. The van der Waals surface area contributed by atoms with Crippen molar-refractivity contribution < 1.29 is 4.79 Å². The molecule has 0 saturated heterocycles. The normalized spacial score (nSPS) is 11.1. The minimum Gasteiger partial charge on any atom is -0.351 e. The smallest absolute Gasteiger partial charge is 0.237 e. The molecule has 1 rings (SSSR count). The number of benzene rings is 1. The van der Waals surface area contributed by atoms with Crippen LogP contribution >= 0.6 is 12.4 Å². The Morgan fingerprint density at radius 3 is 2.62 bits per heavy atom. The first-order chi connectivity index (χ1) is 7.24. The molecule has 0 bridgehead atoms. The molecule has 1 amide bonds. The first-order valence-corrected chi connectivity index (χ1v) is 4.92. The molecular weight excluding hydrogens is 224 g/mol. The standard InChI is InChI=1S/C12H16N2O.ClH/c1-2-8-14-12(15)11(13)9-10-6-4-3-5-7-10;/h2-7,11H,1,8-9,13H2,(H,14,15);1H. The zero-order valence-corrected chi connectivity index (χ0v) is 9.87. The van der Waals surface area contributed by atoms with Crippen molar-refractivity contribution in [2.45, 2.75) is 12.5 Å². The lowest BCUT2D eigenvalue weighted by atomic mass is 10.1. The van der Waals surface area contributed by atoms with Gasteiger partial charge in [-0.05, 0) is 12.0 Å². The Kier molecular flexibility index (Phi) is 7.25. The maximum Gasteiger partial charge on any atom is 0.237 e. The van der Waals surface area contributed by atoms with Crippen molar-refractivity contribution >= 4 is 18.3 Å². The van der Waals surface area contributed by atoms with Gasteiger partial charge >= 0.3 is 0 Å². The Morgan fingerprint density at radius 2 is 2.06 bits per heavy atom. The Bertz CT molecular complexity index is 327. The van der Waals surface area contributed by atoms with Crippen molar-refractivity contribution in [3.63, 3.8) is 0 Å². The van der Waals surface area contributed by atoms with Gasteiger partial charge in [-0.2, -0.15) is 0 Å². The zero-order chi connectivity index (χ0) is 11.1. The van der Waals surface area contributed by atoms with Gasteiger partial charge in [-0.15, -0.1) is 19.0 Å². The molecule has 1 aromatic rings. The molecule has 16 heavy (non-hydrogen) atoms. The molecule has 0 heterocycles. The van der Waals surface area contributed by atoms with Crippen LogP contribution in [0.3, 0.4) is 0 Å². The van der Waals surface area contributed by atoms with Gasteiger partial charge in [0.15, 0.2) is 0 Å². The minimum atomic E-state index is -0.493. The van der Waals surface area contributed by atoms with Crippen LogP contribution < -0.4 is 11.1 Å². The van der Waals surface area contributed by atoms with Gasteiger partial charge in [-0.25, -0.2) is 0 Å². The first kappa shape index (κ1) is 14.7. The Labute approximate surface area is 102 Å². The molecule has 3 nitrogen and oxygen atoms in total. The van der Waals surface area contributed by atoms with Crippen molar-refractivity contribution in [3.8, 4) is 0 Å². The Balaban J connectivity index is 0.00000225. The third-order valence-corrected chi connectivity index (χ3v) is 2.06. The van der Waals surface area contributed by atoms with Crippen molar-refractivity contribution in [1.29, 1.82) is 0 Å². The van der Waals surface area contributed by atoms with E-state index in [1.807, 2.05) is 30.3 Å². The third kappa shape index (κ3) is 4.96. The van der Waals surface area contributed by atoms with E-state index in [4.69, 9.17) is 5.73 Å². The number of amides is 1. The maximum atomic E-state index is 11.4. The summed E-state index contributed by atoms with van der Waals surface area (Å²) in [6.07, 6.45) is 2.19. The van der Waals surface area contributed by atoms with Gasteiger partial charge in [0.2, 0.25) is 5.91 Å². The number of carbonyl (C=O) groups is 1. The lowest BCUT2D eigenvalue weighted by molar-refractivity contribution is -0.122. The summed E-state index contributed by atoms with van der Waals surface area (Å²) in [5.74, 6) is -0.140. The maximum absolute atomic E-state index is 11.4. The fourth-order valence-electron chi connectivity index (χ4n) is 1.26. The molecule has 1 atom stereocenters. The number of nitrogens with two attached hydrogens (primary N) is 1. The van der Waals surface area contributed by atoms with Crippen LogP contribution in [-0.2, 0) is 11.2 Å². The summed E-state index contributed by atoms with van der Waals surface area (Å²) in [6, 6.07) is 9.23. The van der Waals surface area contributed by atoms with Gasteiger partial charge in [0.25, 0.3) is 0 Å². The fraction of sp³-hybridized carbons (Fsp3) is 0.250. The minimum absolute atomic E-state index is 0. The predicted molar refractivity (Wildman–Crippen MR) is 68.6 cm³/mol. The second-order valence-electron chi connectivity index (χ2n) is 3.33. The van der Waals surface area contributed by atoms with Crippen LogP contribution in [0.15, 0.2) is 43.0 Å². The largest absolute Gasteiger partial charge is 0.351 e. The Morgan fingerprint density at radius 1 is 1.44 bits per heavy atom. The number of nitrogens with one attached hydrogen (secondary N) is 1. The molecule has 88 valence electrons. The molecule has 3 N–H and O–H groups in total. The molecule has 0 spiro atoms. The summed E-state index contributed by atoms with van der Waals surface area (Å²) in [5, 5.41) is 2.67. The molecule has 0 aromatic heterocycles. The monoisotopic (exact) mass is 240 g/mol. The van der Waals surface area contributed by atoms with Crippen LogP contribution in [-0.4, -0.2) is 18.5 Å². The van der Waals surface area contributed by atoms with E-state index >= 15 is 0 Å². The highest BCUT2D eigenvalue weighted by atomic mass is 35.5. The van der Waals surface area contributed by atoms with Gasteiger partial charge in [-0.1, -0.05) is 36.4 Å². The topological polar surface area (TPSA) is 55.1 Å². The lowest BCUT2D eigenvalue weighted by Crippen LogP contribution is -2.42. The number of carbonyl (C=O) groups excluding carboxylic acids is 1. The van der Waals surface area contributed by atoms with Gasteiger partial charge < -0.3 is 11.1 Å². The molecule has 4 heteroatoms. The van der Waals surface area contributed by atoms with Crippen LogP contribution in [0.1, 0.15) is 5.56 Å². The second-order valence-corrected chi connectivity index (χ2v) is 3.33. The van der Waals surface area contributed by atoms with Crippen molar-refractivity contribution in [3.05, 3.63) is 48.6 Å². The van der Waals surface area contributed by atoms with Crippen LogP contribution in [0.4, 0.5) is 0 Å². The third-order valence-electron chi connectivity index (χ3n) is 2.06. The fourth-order valence-corrected chi connectivity index (χ4v) is 1.26. The summed E-state index contributed by atoms with van der Waals surface area (Å²) < 4.78 is 0. The highest BCUT2D eigenvalue weighted by Gasteiger charge is 2.12. The van der Waals surface area contributed by atoms with Crippen molar-refractivity contribution in [2.24, 2.45) is 5.73 Å². The second kappa shape index (κ2) is 7.91. The van der Waals surface area contributed by atoms with Crippen LogP contribution in [0, 0.1) is 0 Å². The predicted octanol–water partition coefficient (Wildman–Crippen LogP) is 1.28. The van der Waals surface area contributed by atoms with E-state index in [0.717, 1.165) is 5.56 Å². The average Bonchev–Trinajstić information content (AvgIpc) is 2.27. The average molecular weight is 241 g/mol. The molecule has 0 radical (unpaired) electrons. The van der Waals surface area contributed by atoms with Gasteiger partial charge in [0, 0.05) is 6.54 Å². The molecule has 0 aliphatic heterocycles. The van der Waals surface area contributed by atoms with E-state index in [1.54, 1.807) is 6.08 Å². The molecular formula is C12H17ClN2O. The van der Waals surface area contributed by atoms with Crippen LogP contribution in [0.5, 0.6) is 0 Å². The van der Waals surface area contributed by atoms with Crippen LogP contribution in [0.25, 0.3) is 0 Å². The van der Waals surface area contributed by atoms with E-state index in [2.05, 4.69) is 11.9 Å². The van der Waals surface area contributed by atoms with Crippen molar-refractivity contribution in [2.75, 3.05) is 6.54 Å². The highest BCUT2D eigenvalue weighted by molar-refractivity contribution is 5.85. The number of rotatable bonds is 5. The van der Waals surface area contributed by atoms with Gasteiger partial charge in [-0.3, -0.25) is 4.79 Å². The number of halogens is 1. The number of hydrogen-bond acceptors (Lipinski definition) is 2. The SMILES string of the molecule is C=CCNC(=O)C(N)Cc1ccccc1.Cl. The molecule has 0 saturated carbocycles. The molecule has 1 aromatic carbocycles. The first-order valence-electron chi connectivity index (χ1n) is 4.92. The van der Waals surface area contributed by atoms with Gasteiger partial charge in [0.05, 0.1) is 6.04 Å². The zero-order valence-electron chi connectivity index (χ0n) is 9.06. The van der Waals surface area contributed by atoms with Gasteiger partial charge in [0.1, 0.15) is 0 Å². The lowest BCUT2D eigenvalue weighted by Gasteiger charge is -2.10. The summed E-state index contributed by atoms with van der Waals surface area (Å²) in [7, 11) is 0.